The van der Waals surface area contributed by atoms with Gasteiger partial charge in [0.05, 0.1) is 18.3 Å². The lowest BCUT2D eigenvalue weighted by atomic mass is 10.1. The second-order valence-corrected chi connectivity index (χ2v) is 7.19. The van der Waals surface area contributed by atoms with Gasteiger partial charge in [0, 0.05) is 51.2 Å². The number of Topliss-reactive ketones (excluding diaryl/α,β-unsaturated/α-hetero) is 1. The van der Waals surface area contributed by atoms with Crippen LogP contribution in [0.5, 0.6) is 0 Å². The number of pyridine rings is 1. The van der Waals surface area contributed by atoms with Gasteiger partial charge in [0.2, 0.25) is 0 Å². The molecule has 0 N–H and O–H groups in total. The molecule has 0 bridgehead atoms. The van der Waals surface area contributed by atoms with Crippen molar-refractivity contribution in [3.63, 3.8) is 0 Å². The van der Waals surface area contributed by atoms with Crippen molar-refractivity contribution in [2.24, 2.45) is 7.05 Å². The number of nitrogens with zero attached hydrogens (tertiary/aromatic N) is 5. The van der Waals surface area contributed by atoms with Gasteiger partial charge in [-0.25, -0.2) is 0 Å². The minimum absolute atomic E-state index is 0.0519. The SMILES string of the molecule is Cn1cc(C(=O)CN2CCN(C(=O)c3ccc(-c4ccccc4)cn3)CC2)cn1. The third-order valence-electron chi connectivity index (χ3n) is 5.14. The molecule has 4 rings (SSSR count). The van der Waals surface area contributed by atoms with Gasteiger partial charge < -0.3 is 4.90 Å². The number of rotatable bonds is 5. The zero-order chi connectivity index (χ0) is 20.2. The molecule has 2 aromatic heterocycles. The van der Waals surface area contributed by atoms with Crippen LogP contribution in [0.2, 0.25) is 0 Å². The highest BCUT2D eigenvalue weighted by Crippen LogP contribution is 2.18. The van der Waals surface area contributed by atoms with Crippen molar-refractivity contribution in [2.45, 2.75) is 0 Å². The van der Waals surface area contributed by atoms with Crippen LogP contribution >= 0.6 is 0 Å². The Hall–Kier alpha value is -3.32. The molecule has 0 atom stereocenters. The molecular weight excluding hydrogens is 366 g/mol. The van der Waals surface area contributed by atoms with Crippen molar-refractivity contribution in [1.82, 2.24) is 24.6 Å². The Labute approximate surface area is 169 Å². The van der Waals surface area contributed by atoms with E-state index in [2.05, 4.69) is 15.0 Å². The minimum Gasteiger partial charge on any atom is -0.335 e. The number of ketones is 1. The van der Waals surface area contributed by atoms with Gasteiger partial charge in [0.25, 0.3) is 5.91 Å². The van der Waals surface area contributed by atoms with E-state index in [0.717, 1.165) is 11.1 Å². The molecule has 148 valence electrons. The van der Waals surface area contributed by atoms with Crippen LogP contribution in [0.1, 0.15) is 20.8 Å². The van der Waals surface area contributed by atoms with Crippen LogP contribution < -0.4 is 0 Å². The van der Waals surface area contributed by atoms with E-state index in [1.807, 2.05) is 36.4 Å². The van der Waals surface area contributed by atoms with E-state index in [9.17, 15) is 9.59 Å². The topological polar surface area (TPSA) is 71.3 Å². The lowest BCUT2D eigenvalue weighted by Crippen LogP contribution is -2.50. The number of aromatic nitrogens is 3. The van der Waals surface area contributed by atoms with Crippen LogP contribution in [0.4, 0.5) is 0 Å². The first-order valence-electron chi connectivity index (χ1n) is 9.65. The lowest BCUT2D eigenvalue weighted by Gasteiger charge is -2.34. The first kappa shape index (κ1) is 19.0. The van der Waals surface area contributed by atoms with Gasteiger partial charge in [0.15, 0.2) is 5.78 Å². The Morgan fingerprint density at radius 1 is 0.931 bits per heavy atom. The zero-order valence-electron chi connectivity index (χ0n) is 16.4. The van der Waals surface area contributed by atoms with Crippen LogP contribution in [0.15, 0.2) is 61.1 Å². The average molecular weight is 389 g/mol. The number of piperazine rings is 1. The highest BCUT2D eigenvalue weighted by molar-refractivity contribution is 5.97. The number of hydrogen-bond acceptors (Lipinski definition) is 5. The molecule has 1 saturated heterocycles. The maximum atomic E-state index is 12.8. The van der Waals surface area contributed by atoms with Crippen LogP contribution in [0.25, 0.3) is 11.1 Å². The summed E-state index contributed by atoms with van der Waals surface area (Å²) in [5.41, 5.74) is 3.13. The Morgan fingerprint density at radius 2 is 1.69 bits per heavy atom. The van der Waals surface area contributed by atoms with Crippen LogP contribution in [0, 0.1) is 0 Å². The third kappa shape index (κ3) is 4.41. The summed E-state index contributed by atoms with van der Waals surface area (Å²) in [5.74, 6) is -0.0149. The molecule has 3 aromatic rings. The van der Waals surface area contributed by atoms with Crippen LogP contribution in [-0.2, 0) is 7.05 Å². The maximum Gasteiger partial charge on any atom is 0.272 e. The summed E-state index contributed by atoms with van der Waals surface area (Å²) < 4.78 is 1.62. The summed E-state index contributed by atoms with van der Waals surface area (Å²) in [4.78, 5) is 33.3. The van der Waals surface area contributed by atoms with Gasteiger partial charge in [0.1, 0.15) is 5.69 Å². The summed E-state index contributed by atoms with van der Waals surface area (Å²) >= 11 is 0. The number of aryl methyl sites for hydroxylation is 1. The largest absolute Gasteiger partial charge is 0.335 e. The van der Waals surface area contributed by atoms with Gasteiger partial charge in [-0.05, 0) is 11.6 Å². The average Bonchev–Trinajstić information content (AvgIpc) is 3.21. The summed E-state index contributed by atoms with van der Waals surface area (Å²) in [7, 11) is 1.79. The predicted octanol–water partition coefficient (Wildman–Crippen LogP) is 2.12. The molecule has 7 heteroatoms. The first-order chi connectivity index (χ1) is 14.1. The fourth-order valence-electron chi connectivity index (χ4n) is 3.45. The Balaban J connectivity index is 1.32. The summed E-state index contributed by atoms with van der Waals surface area (Å²) in [6, 6.07) is 13.7. The van der Waals surface area contributed by atoms with Gasteiger partial charge in [-0.2, -0.15) is 5.10 Å². The quantitative estimate of drug-likeness (QED) is 0.625. The molecule has 0 saturated carbocycles. The second-order valence-electron chi connectivity index (χ2n) is 7.19. The van der Waals surface area contributed by atoms with E-state index < -0.39 is 0 Å². The van der Waals surface area contributed by atoms with Gasteiger partial charge in [-0.3, -0.25) is 24.2 Å². The number of carbonyl (C=O) groups excluding carboxylic acids is 2. The van der Waals surface area contributed by atoms with Crippen molar-refractivity contribution < 1.29 is 9.59 Å². The van der Waals surface area contributed by atoms with E-state index >= 15 is 0 Å². The second kappa shape index (κ2) is 8.36. The van der Waals surface area contributed by atoms with Crippen molar-refractivity contribution in [3.8, 4) is 11.1 Å². The van der Waals surface area contributed by atoms with Crippen molar-refractivity contribution in [1.29, 1.82) is 0 Å². The minimum atomic E-state index is -0.0668. The fraction of sp³-hybridized carbons (Fsp3) is 0.273. The molecule has 1 aliphatic heterocycles. The Kier molecular flexibility index (Phi) is 5.48. The number of amides is 1. The normalized spacial score (nSPS) is 14.7. The summed E-state index contributed by atoms with van der Waals surface area (Å²) in [6.45, 7) is 2.85. The van der Waals surface area contributed by atoms with E-state index in [-0.39, 0.29) is 11.7 Å². The summed E-state index contributed by atoms with van der Waals surface area (Å²) in [5, 5.41) is 4.04. The Morgan fingerprint density at radius 3 is 2.31 bits per heavy atom. The molecule has 29 heavy (non-hydrogen) atoms. The zero-order valence-corrected chi connectivity index (χ0v) is 16.4. The van der Waals surface area contributed by atoms with E-state index in [4.69, 9.17) is 0 Å². The molecule has 7 nitrogen and oxygen atoms in total. The highest BCUT2D eigenvalue weighted by Gasteiger charge is 2.24. The van der Waals surface area contributed by atoms with Gasteiger partial charge in [-0.1, -0.05) is 36.4 Å². The molecule has 0 spiro atoms. The molecule has 1 fully saturated rings. The van der Waals surface area contributed by atoms with Gasteiger partial charge in [-0.15, -0.1) is 0 Å². The molecule has 0 radical (unpaired) electrons. The maximum absolute atomic E-state index is 12.8. The fourth-order valence-corrected chi connectivity index (χ4v) is 3.45. The standard InChI is InChI=1S/C22H23N5O2/c1-25-15-19(14-24-25)21(28)16-26-9-11-27(12-10-26)22(29)20-8-7-18(13-23-20)17-5-3-2-4-6-17/h2-8,13-15H,9-12,16H2,1H3. The van der Waals surface area contributed by atoms with Crippen molar-refractivity contribution >= 4 is 11.7 Å². The van der Waals surface area contributed by atoms with Crippen LogP contribution in [0.3, 0.4) is 0 Å². The number of benzene rings is 1. The number of hydrogen-bond donors (Lipinski definition) is 0. The molecule has 0 aliphatic carbocycles. The molecule has 1 aromatic carbocycles. The van der Waals surface area contributed by atoms with Crippen LogP contribution in [-0.4, -0.2) is 69.0 Å². The highest BCUT2D eigenvalue weighted by atomic mass is 16.2. The lowest BCUT2D eigenvalue weighted by molar-refractivity contribution is 0.0619. The molecule has 1 aliphatic rings. The predicted molar refractivity (Wildman–Crippen MR) is 110 cm³/mol. The summed E-state index contributed by atoms with van der Waals surface area (Å²) in [6.07, 6.45) is 5.06. The molecule has 3 heterocycles. The monoisotopic (exact) mass is 389 g/mol. The van der Waals surface area contributed by atoms with Gasteiger partial charge >= 0.3 is 0 Å². The van der Waals surface area contributed by atoms with E-state index in [1.165, 1.54) is 0 Å². The Bertz CT molecular complexity index is 990. The molecule has 1 amide bonds. The first-order valence-corrected chi connectivity index (χ1v) is 9.65. The van der Waals surface area contributed by atoms with Crippen molar-refractivity contribution in [2.75, 3.05) is 32.7 Å². The molecule has 0 unspecified atom stereocenters. The van der Waals surface area contributed by atoms with E-state index in [0.29, 0.717) is 44.0 Å². The van der Waals surface area contributed by atoms with E-state index in [1.54, 1.807) is 41.3 Å². The number of carbonyl (C=O) groups is 2. The van der Waals surface area contributed by atoms with Crippen molar-refractivity contribution in [3.05, 3.63) is 72.3 Å². The smallest absolute Gasteiger partial charge is 0.272 e. The third-order valence-corrected chi connectivity index (χ3v) is 5.14. The molecular formula is C22H23N5O2.